The van der Waals surface area contributed by atoms with Gasteiger partial charge < -0.3 is 4.90 Å². The number of piperazine rings is 1. The van der Waals surface area contributed by atoms with Gasteiger partial charge in [0.1, 0.15) is 0 Å². The number of aryl methyl sites for hydroxylation is 1. The smallest absolute Gasteiger partial charge is 0.338 e. The first-order valence-electron chi connectivity index (χ1n) is 5.20. The molecule has 94 valence electrons. The summed E-state index contributed by atoms with van der Waals surface area (Å²) in [5, 5.41) is 0. The first-order chi connectivity index (χ1) is 7.97. The molecule has 0 saturated carbocycles. The van der Waals surface area contributed by atoms with E-state index in [1.807, 2.05) is 11.8 Å². The van der Waals surface area contributed by atoms with Crippen LogP contribution in [0.2, 0.25) is 0 Å². The van der Waals surface area contributed by atoms with Crippen molar-refractivity contribution in [2.24, 2.45) is 0 Å². The van der Waals surface area contributed by atoms with Gasteiger partial charge in [-0.25, -0.2) is 9.97 Å². The molecule has 2 heterocycles. The van der Waals surface area contributed by atoms with Crippen molar-refractivity contribution in [3.8, 4) is 0 Å². The van der Waals surface area contributed by atoms with E-state index in [9.17, 15) is 12.3 Å². The van der Waals surface area contributed by atoms with Crippen LogP contribution in [0.25, 0.3) is 0 Å². The lowest BCUT2D eigenvalue weighted by molar-refractivity contribution is 0.361. The van der Waals surface area contributed by atoms with Crippen molar-refractivity contribution >= 4 is 16.4 Å². The summed E-state index contributed by atoms with van der Waals surface area (Å²) in [7, 11) is -4.57. The fourth-order valence-corrected chi connectivity index (χ4v) is 2.25. The Kier molecular flexibility index (Phi) is 3.25. The summed E-state index contributed by atoms with van der Waals surface area (Å²) in [5.41, 5.74) is 0.957. The number of aromatic nitrogens is 2. The van der Waals surface area contributed by atoms with Gasteiger partial charge >= 0.3 is 10.4 Å². The van der Waals surface area contributed by atoms with E-state index >= 15 is 0 Å². The zero-order chi connectivity index (χ0) is 12.5. The highest BCUT2D eigenvalue weighted by Gasteiger charge is 2.27. The maximum Gasteiger partial charge on any atom is 0.374 e. The van der Waals surface area contributed by atoms with Crippen LogP contribution < -0.4 is 4.90 Å². The number of anilines is 1. The van der Waals surface area contributed by atoms with Crippen molar-refractivity contribution < 1.29 is 12.3 Å². The second-order valence-corrected chi connectivity index (χ2v) is 5.23. The highest BCUT2D eigenvalue weighted by Crippen LogP contribution is 2.13. The molecule has 1 aromatic heterocycles. The van der Waals surface area contributed by atoms with E-state index in [2.05, 4.69) is 9.97 Å². The number of nitrogens with zero attached hydrogens (tertiary/aromatic N) is 4. The molecule has 2 rings (SSSR count). The van der Waals surface area contributed by atoms with Crippen molar-refractivity contribution in [3.05, 3.63) is 18.0 Å². The van der Waals surface area contributed by atoms with Crippen LogP contribution in [-0.4, -0.2) is 48.9 Å². The summed E-state index contributed by atoms with van der Waals surface area (Å²) in [6.45, 7) is 2.92. The number of halogens is 1. The molecule has 1 aliphatic rings. The average Bonchev–Trinajstić information content (AvgIpc) is 2.29. The predicted molar refractivity (Wildman–Crippen MR) is 60.6 cm³/mol. The van der Waals surface area contributed by atoms with Crippen molar-refractivity contribution in [1.82, 2.24) is 14.3 Å². The van der Waals surface area contributed by atoms with Gasteiger partial charge in [0.05, 0.1) is 0 Å². The Hall–Kier alpha value is -1.28. The third-order valence-electron chi connectivity index (χ3n) is 2.60. The van der Waals surface area contributed by atoms with Gasteiger partial charge in [-0.3, -0.25) is 0 Å². The Balaban J connectivity index is 2.02. The minimum absolute atomic E-state index is 0.121. The largest absolute Gasteiger partial charge is 0.374 e. The minimum atomic E-state index is -4.57. The van der Waals surface area contributed by atoms with Gasteiger partial charge in [0.15, 0.2) is 0 Å². The quantitative estimate of drug-likeness (QED) is 0.707. The number of rotatable bonds is 2. The second-order valence-electron chi connectivity index (χ2n) is 3.89. The Bertz CT molecular complexity index is 482. The lowest BCUT2D eigenvalue weighted by Gasteiger charge is -2.31. The summed E-state index contributed by atoms with van der Waals surface area (Å²) in [5.74, 6) is 0.548. The summed E-state index contributed by atoms with van der Waals surface area (Å²) >= 11 is 0. The molecule has 0 unspecified atom stereocenters. The second kappa shape index (κ2) is 4.53. The van der Waals surface area contributed by atoms with Crippen LogP contribution in [0.5, 0.6) is 0 Å². The van der Waals surface area contributed by atoms with Crippen molar-refractivity contribution in [2.75, 3.05) is 31.1 Å². The van der Waals surface area contributed by atoms with Gasteiger partial charge in [0.25, 0.3) is 0 Å². The van der Waals surface area contributed by atoms with Crippen LogP contribution in [0.15, 0.2) is 12.4 Å². The van der Waals surface area contributed by atoms with E-state index in [1.54, 1.807) is 12.4 Å². The number of hydrogen-bond acceptors (Lipinski definition) is 5. The van der Waals surface area contributed by atoms with Crippen molar-refractivity contribution in [2.45, 2.75) is 6.92 Å². The van der Waals surface area contributed by atoms with Gasteiger partial charge in [-0.1, -0.05) is 3.89 Å². The van der Waals surface area contributed by atoms with E-state index in [1.165, 1.54) is 0 Å². The van der Waals surface area contributed by atoms with E-state index < -0.39 is 10.4 Å². The molecular formula is C9H13FN4O2S. The van der Waals surface area contributed by atoms with Gasteiger partial charge in [-0.15, -0.1) is 0 Å². The van der Waals surface area contributed by atoms with Crippen molar-refractivity contribution in [3.63, 3.8) is 0 Å². The number of hydrogen-bond donors (Lipinski definition) is 0. The fourth-order valence-electron chi connectivity index (χ4n) is 1.66. The van der Waals surface area contributed by atoms with Gasteiger partial charge in [-0.05, 0) is 12.5 Å². The van der Waals surface area contributed by atoms with E-state index in [-0.39, 0.29) is 13.1 Å². The normalized spacial score (nSPS) is 18.4. The SMILES string of the molecule is Cc1cnc(N2CCN(S(=O)(=O)F)CC2)nc1. The molecule has 6 nitrogen and oxygen atoms in total. The fraction of sp³-hybridized carbons (Fsp3) is 0.556. The zero-order valence-corrected chi connectivity index (χ0v) is 10.2. The van der Waals surface area contributed by atoms with Gasteiger partial charge in [0, 0.05) is 38.6 Å². The Morgan fingerprint density at radius 3 is 2.18 bits per heavy atom. The molecule has 8 heteroatoms. The molecule has 1 aliphatic heterocycles. The van der Waals surface area contributed by atoms with Gasteiger partial charge in [0.2, 0.25) is 5.95 Å². The molecule has 17 heavy (non-hydrogen) atoms. The summed E-state index contributed by atoms with van der Waals surface area (Å²) in [6.07, 6.45) is 3.39. The Morgan fingerprint density at radius 2 is 1.71 bits per heavy atom. The summed E-state index contributed by atoms with van der Waals surface area (Å²) < 4.78 is 34.9. The molecule has 0 N–H and O–H groups in total. The molecule has 0 aromatic carbocycles. The third-order valence-corrected chi connectivity index (χ3v) is 3.58. The summed E-state index contributed by atoms with van der Waals surface area (Å²) in [6, 6.07) is 0. The van der Waals surface area contributed by atoms with Crippen LogP contribution in [0.4, 0.5) is 9.83 Å². The maximum atomic E-state index is 12.7. The monoisotopic (exact) mass is 260 g/mol. The molecule has 0 amide bonds. The highest BCUT2D eigenvalue weighted by molar-refractivity contribution is 7.83. The molecule has 0 atom stereocenters. The Morgan fingerprint density at radius 1 is 1.18 bits per heavy atom. The van der Waals surface area contributed by atoms with Crippen molar-refractivity contribution in [1.29, 1.82) is 0 Å². The van der Waals surface area contributed by atoms with Crippen LogP contribution >= 0.6 is 0 Å². The van der Waals surface area contributed by atoms with E-state index in [0.29, 0.717) is 19.0 Å². The molecule has 1 fully saturated rings. The predicted octanol–water partition coefficient (Wildman–Crippen LogP) is 0.121. The highest BCUT2D eigenvalue weighted by atomic mass is 32.3. The standard InChI is InChI=1S/C9H13FN4O2S/c1-8-6-11-9(12-7-8)13-2-4-14(5-3-13)17(10,15)16/h6-7H,2-5H2,1H3. The first-order valence-corrected chi connectivity index (χ1v) is 6.54. The summed E-state index contributed by atoms with van der Waals surface area (Å²) in [4.78, 5) is 10.1. The molecule has 1 saturated heterocycles. The Labute approximate surface area is 99.4 Å². The van der Waals surface area contributed by atoms with Gasteiger partial charge in [-0.2, -0.15) is 12.7 Å². The maximum absolute atomic E-state index is 12.7. The van der Waals surface area contributed by atoms with Crippen LogP contribution in [-0.2, 0) is 10.4 Å². The lowest BCUT2D eigenvalue weighted by Crippen LogP contribution is -2.48. The third kappa shape index (κ3) is 2.89. The zero-order valence-electron chi connectivity index (χ0n) is 9.37. The topological polar surface area (TPSA) is 66.4 Å². The first kappa shape index (κ1) is 12.2. The average molecular weight is 260 g/mol. The molecule has 0 radical (unpaired) electrons. The molecule has 0 spiro atoms. The molecule has 0 aliphatic carbocycles. The van der Waals surface area contributed by atoms with Crippen LogP contribution in [0.3, 0.4) is 0 Å². The molecule has 0 bridgehead atoms. The van der Waals surface area contributed by atoms with Crippen LogP contribution in [0, 0.1) is 6.92 Å². The van der Waals surface area contributed by atoms with Crippen LogP contribution in [0.1, 0.15) is 5.56 Å². The molecular weight excluding hydrogens is 247 g/mol. The van der Waals surface area contributed by atoms with E-state index in [4.69, 9.17) is 0 Å². The molecule has 1 aromatic rings. The minimum Gasteiger partial charge on any atom is -0.338 e. The lowest BCUT2D eigenvalue weighted by atomic mass is 10.4. The van der Waals surface area contributed by atoms with E-state index in [0.717, 1.165) is 9.87 Å².